The molecule has 0 saturated heterocycles. The van der Waals surface area contributed by atoms with Gasteiger partial charge in [-0.2, -0.15) is 0 Å². The summed E-state index contributed by atoms with van der Waals surface area (Å²) in [6.07, 6.45) is 0.776. The van der Waals surface area contributed by atoms with Gasteiger partial charge in [-0.05, 0) is 25.5 Å². The fraction of sp³-hybridized carbons (Fsp3) is 0.462. The number of anilines is 1. The van der Waals surface area contributed by atoms with Gasteiger partial charge in [0.05, 0.1) is 0 Å². The molecule has 2 nitrogen and oxygen atoms in total. The summed E-state index contributed by atoms with van der Waals surface area (Å²) in [5.41, 5.74) is 3.95. The van der Waals surface area contributed by atoms with E-state index < -0.39 is 0 Å². The maximum absolute atomic E-state index is 7.78. The molecule has 0 aliphatic carbocycles. The summed E-state index contributed by atoms with van der Waals surface area (Å²) in [7, 11) is 1.89. The molecule has 0 unspecified atom stereocenters. The molecule has 0 aliphatic rings. The summed E-state index contributed by atoms with van der Waals surface area (Å²) in [5, 5.41) is 10.9. The summed E-state index contributed by atoms with van der Waals surface area (Å²) < 4.78 is 0. The highest BCUT2D eigenvalue weighted by atomic mass is 14.8. The van der Waals surface area contributed by atoms with Crippen LogP contribution in [0.4, 0.5) is 5.69 Å². The van der Waals surface area contributed by atoms with Crippen LogP contribution in [0.25, 0.3) is 0 Å². The van der Waals surface area contributed by atoms with Gasteiger partial charge in [0.2, 0.25) is 0 Å². The van der Waals surface area contributed by atoms with E-state index in [9.17, 15) is 0 Å². The Morgan fingerprint density at radius 2 is 1.93 bits per heavy atom. The minimum atomic E-state index is 0.688. The molecule has 84 valence electrons. The Bertz CT molecular complexity index is 316. The highest BCUT2D eigenvalue weighted by Gasteiger charge is 2.04. The molecule has 0 aliphatic heterocycles. The minimum Gasteiger partial charge on any atom is -0.388 e. The molecule has 0 amide bonds. The summed E-state index contributed by atoms with van der Waals surface area (Å²) in [6, 6.07) is 6.13. The second kappa shape index (κ2) is 7.04. The van der Waals surface area contributed by atoms with Crippen LogP contribution in [0, 0.1) is 12.3 Å². The second-order valence-electron chi connectivity index (χ2n) is 3.13. The van der Waals surface area contributed by atoms with Gasteiger partial charge in [0.1, 0.15) is 0 Å². The van der Waals surface area contributed by atoms with Gasteiger partial charge in [0.25, 0.3) is 0 Å². The average molecular weight is 206 g/mol. The number of hydrogen-bond acceptors (Lipinski definition) is 2. The third-order valence-corrected chi connectivity index (χ3v) is 2.12. The monoisotopic (exact) mass is 206 g/mol. The lowest BCUT2D eigenvalue weighted by Crippen LogP contribution is -2.02. The van der Waals surface area contributed by atoms with Crippen LogP contribution in [0.3, 0.4) is 0 Å². The van der Waals surface area contributed by atoms with E-state index in [1.807, 2.05) is 40.8 Å². The first-order valence-corrected chi connectivity index (χ1v) is 5.55. The van der Waals surface area contributed by atoms with Crippen molar-refractivity contribution in [3.8, 4) is 0 Å². The van der Waals surface area contributed by atoms with E-state index in [-0.39, 0.29) is 0 Å². The summed E-state index contributed by atoms with van der Waals surface area (Å²) >= 11 is 0. The molecule has 1 aromatic carbocycles. The van der Waals surface area contributed by atoms with Gasteiger partial charge in [-0.3, -0.25) is 0 Å². The number of benzene rings is 1. The Labute approximate surface area is 93.2 Å². The Morgan fingerprint density at radius 3 is 2.40 bits per heavy atom. The molecule has 1 aromatic rings. The molecule has 1 rings (SSSR count). The number of nitrogens with one attached hydrogen (secondary N) is 2. The first-order valence-electron chi connectivity index (χ1n) is 5.55. The Balaban J connectivity index is 0.000000921. The molecule has 15 heavy (non-hydrogen) atoms. The molecule has 0 radical (unpaired) electrons. The average Bonchev–Trinajstić information content (AvgIpc) is 2.30. The van der Waals surface area contributed by atoms with E-state index in [0.717, 1.165) is 17.7 Å². The van der Waals surface area contributed by atoms with E-state index in [0.29, 0.717) is 5.71 Å². The van der Waals surface area contributed by atoms with Gasteiger partial charge < -0.3 is 10.7 Å². The molecule has 0 fully saturated rings. The van der Waals surface area contributed by atoms with Crippen molar-refractivity contribution in [1.82, 2.24) is 0 Å². The molecule has 0 heterocycles. The summed E-state index contributed by atoms with van der Waals surface area (Å²) in [4.78, 5) is 0. The molecule has 0 spiro atoms. The van der Waals surface area contributed by atoms with Gasteiger partial charge in [0, 0.05) is 24.0 Å². The highest BCUT2D eigenvalue weighted by molar-refractivity contribution is 6.02. The van der Waals surface area contributed by atoms with Crippen molar-refractivity contribution < 1.29 is 0 Å². The topological polar surface area (TPSA) is 35.9 Å². The third kappa shape index (κ3) is 3.74. The van der Waals surface area contributed by atoms with E-state index in [2.05, 4.69) is 17.4 Å². The lowest BCUT2D eigenvalue weighted by Gasteiger charge is -2.09. The van der Waals surface area contributed by atoms with E-state index in [4.69, 9.17) is 5.41 Å². The van der Waals surface area contributed by atoms with Gasteiger partial charge >= 0.3 is 0 Å². The van der Waals surface area contributed by atoms with Crippen LogP contribution < -0.4 is 5.32 Å². The third-order valence-electron chi connectivity index (χ3n) is 2.12. The molecule has 2 heteroatoms. The zero-order chi connectivity index (χ0) is 11.8. The largest absolute Gasteiger partial charge is 0.388 e. The lowest BCUT2D eigenvalue weighted by atomic mass is 10.0. The Kier molecular flexibility index (Phi) is 6.43. The van der Waals surface area contributed by atoms with Crippen LogP contribution in [0.15, 0.2) is 18.2 Å². The maximum Gasteiger partial charge on any atom is 0.0429 e. The van der Waals surface area contributed by atoms with E-state index in [1.165, 1.54) is 5.56 Å². The second-order valence-corrected chi connectivity index (χ2v) is 3.13. The van der Waals surface area contributed by atoms with Crippen molar-refractivity contribution in [2.45, 2.75) is 34.1 Å². The van der Waals surface area contributed by atoms with Crippen LogP contribution in [0.5, 0.6) is 0 Å². The van der Waals surface area contributed by atoms with Gasteiger partial charge in [-0.25, -0.2) is 0 Å². The van der Waals surface area contributed by atoms with Crippen LogP contribution in [0.1, 0.15) is 38.3 Å². The predicted molar refractivity (Wildman–Crippen MR) is 69.2 cm³/mol. The summed E-state index contributed by atoms with van der Waals surface area (Å²) in [6.45, 7) is 8.05. The fourth-order valence-electron chi connectivity index (χ4n) is 1.32. The zero-order valence-corrected chi connectivity index (χ0v) is 10.4. The van der Waals surface area contributed by atoms with Gasteiger partial charge in [-0.1, -0.05) is 32.4 Å². The Morgan fingerprint density at radius 1 is 1.33 bits per heavy atom. The zero-order valence-electron chi connectivity index (χ0n) is 10.4. The van der Waals surface area contributed by atoms with Crippen molar-refractivity contribution in [3.05, 3.63) is 29.3 Å². The molecule has 2 N–H and O–H groups in total. The maximum atomic E-state index is 7.78. The van der Waals surface area contributed by atoms with Crippen molar-refractivity contribution in [2.75, 3.05) is 12.4 Å². The predicted octanol–water partition coefficient (Wildman–Crippen LogP) is 3.84. The molecule has 0 atom stereocenters. The van der Waals surface area contributed by atoms with Crippen LogP contribution in [0.2, 0.25) is 0 Å². The molecule has 0 bridgehead atoms. The smallest absolute Gasteiger partial charge is 0.0429 e. The SMILES string of the molecule is CC.CCC(=N)c1cc(C)ccc1NC. The number of rotatable bonds is 3. The minimum absolute atomic E-state index is 0.688. The first kappa shape index (κ1) is 13.7. The number of aryl methyl sites for hydroxylation is 1. The van der Waals surface area contributed by atoms with Crippen LogP contribution in [-0.4, -0.2) is 12.8 Å². The van der Waals surface area contributed by atoms with E-state index in [1.54, 1.807) is 0 Å². The van der Waals surface area contributed by atoms with Crippen molar-refractivity contribution in [1.29, 1.82) is 5.41 Å². The molecular weight excluding hydrogens is 184 g/mol. The quantitative estimate of drug-likeness (QED) is 0.724. The van der Waals surface area contributed by atoms with E-state index >= 15 is 0 Å². The summed E-state index contributed by atoms with van der Waals surface area (Å²) in [5.74, 6) is 0. The Hall–Kier alpha value is -1.31. The highest BCUT2D eigenvalue weighted by Crippen LogP contribution is 2.18. The van der Waals surface area contributed by atoms with Gasteiger partial charge in [-0.15, -0.1) is 0 Å². The van der Waals surface area contributed by atoms with Crippen molar-refractivity contribution >= 4 is 11.4 Å². The standard InChI is InChI=1S/C11H16N2.C2H6/c1-4-10(12)9-7-8(2)5-6-11(9)13-3;1-2/h5-7,12-13H,4H2,1-3H3;1-2H3. The normalized spacial score (nSPS) is 8.87. The molecule has 0 saturated carbocycles. The van der Waals surface area contributed by atoms with Crippen LogP contribution >= 0.6 is 0 Å². The molecule has 0 aromatic heterocycles. The van der Waals surface area contributed by atoms with Gasteiger partial charge in [0.15, 0.2) is 0 Å². The van der Waals surface area contributed by atoms with Crippen molar-refractivity contribution in [2.24, 2.45) is 0 Å². The number of hydrogen-bond donors (Lipinski definition) is 2. The van der Waals surface area contributed by atoms with Crippen LogP contribution in [-0.2, 0) is 0 Å². The molecular formula is C13H22N2. The van der Waals surface area contributed by atoms with Crippen molar-refractivity contribution in [3.63, 3.8) is 0 Å². The fourth-order valence-corrected chi connectivity index (χ4v) is 1.32. The first-order chi connectivity index (χ1) is 7.19. The lowest BCUT2D eigenvalue weighted by molar-refractivity contribution is 1.23.